The van der Waals surface area contributed by atoms with Crippen LogP contribution in [0.4, 0.5) is 10.1 Å². The first-order chi connectivity index (χ1) is 6.25. The Hall–Kier alpha value is -1.38. The van der Waals surface area contributed by atoms with Gasteiger partial charge in [0.05, 0.1) is 0 Å². The lowest BCUT2D eigenvalue weighted by atomic mass is 10.1. The predicted molar refractivity (Wildman–Crippen MR) is 50.9 cm³/mol. The van der Waals surface area contributed by atoms with Crippen LogP contribution in [-0.4, -0.2) is 19.0 Å². The molecule has 0 atom stereocenters. The van der Waals surface area contributed by atoms with Gasteiger partial charge in [0.25, 0.3) is 0 Å². The normalized spacial score (nSPS) is 9.69. The van der Waals surface area contributed by atoms with Crippen molar-refractivity contribution in [3.63, 3.8) is 0 Å². The molecule has 1 aromatic carbocycles. The van der Waals surface area contributed by atoms with Gasteiger partial charge in [-0.15, -0.1) is 0 Å². The quantitative estimate of drug-likeness (QED) is 0.722. The van der Waals surface area contributed by atoms with Gasteiger partial charge in [0.2, 0.25) is 0 Å². The molecule has 70 valence electrons. The summed E-state index contributed by atoms with van der Waals surface area (Å²) >= 11 is 0. The minimum absolute atomic E-state index is 0.0121. The van der Waals surface area contributed by atoms with E-state index >= 15 is 0 Å². The number of rotatable bonds is 4. The first-order valence-electron chi connectivity index (χ1n) is 4.15. The number of alkyl halides is 1. The molecule has 0 aliphatic heterocycles. The van der Waals surface area contributed by atoms with Gasteiger partial charge >= 0.3 is 0 Å². The third-order valence-corrected chi connectivity index (χ3v) is 1.72. The molecular formula is C10H12FNO. The Balaban J connectivity index is 2.84. The lowest BCUT2D eigenvalue weighted by molar-refractivity contribution is 0.101. The van der Waals surface area contributed by atoms with Gasteiger partial charge in [-0.2, -0.15) is 0 Å². The van der Waals surface area contributed by atoms with E-state index in [9.17, 15) is 9.18 Å². The highest BCUT2D eigenvalue weighted by molar-refractivity contribution is 5.99. The zero-order chi connectivity index (χ0) is 9.68. The first-order valence-corrected chi connectivity index (χ1v) is 4.15. The molecule has 0 spiro atoms. The lowest BCUT2D eigenvalue weighted by Crippen LogP contribution is -2.07. The van der Waals surface area contributed by atoms with Crippen molar-refractivity contribution in [3.8, 4) is 0 Å². The maximum absolute atomic E-state index is 11.9. The van der Waals surface area contributed by atoms with Crippen molar-refractivity contribution in [1.82, 2.24) is 0 Å². The van der Waals surface area contributed by atoms with Gasteiger partial charge in [-0.05, 0) is 19.1 Å². The van der Waals surface area contributed by atoms with E-state index in [1.165, 1.54) is 6.92 Å². The summed E-state index contributed by atoms with van der Waals surface area (Å²) in [5.41, 5.74) is 1.31. The number of ketones is 1. The Morgan fingerprint density at radius 3 is 2.77 bits per heavy atom. The van der Waals surface area contributed by atoms with E-state index < -0.39 is 6.67 Å². The summed E-state index contributed by atoms with van der Waals surface area (Å²) in [6.45, 7) is 1.30. The van der Waals surface area contributed by atoms with Crippen LogP contribution in [0.25, 0.3) is 0 Å². The average molecular weight is 181 g/mol. The molecule has 0 radical (unpaired) electrons. The van der Waals surface area contributed by atoms with E-state index in [1.807, 2.05) is 6.07 Å². The number of para-hydroxylation sites is 1. The standard InChI is InChI=1S/C10H12FNO/c1-8(13)9-4-2-3-5-10(9)12-7-6-11/h2-5,12H,6-7H2,1H3. The third kappa shape index (κ3) is 2.54. The van der Waals surface area contributed by atoms with Crippen LogP contribution in [0.3, 0.4) is 0 Å². The summed E-state index contributed by atoms with van der Waals surface area (Å²) in [6.07, 6.45) is 0. The van der Waals surface area contributed by atoms with Gasteiger partial charge in [-0.25, -0.2) is 4.39 Å². The second kappa shape index (κ2) is 4.60. The first kappa shape index (κ1) is 9.71. The van der Waals surface area contributed by atoms with Crippen LogP contribution in [0, 0.1) is 0 Å². The van der Waals surface area contributed by atoms with Gasteiger partial charge in [-0.1, -0.05) is 12.1 Å². The van der Waals surface area contributed by atoms with E-state index in [1.54, 1.807) is 18.2 Å². The molecule has 1 rings (SSSR count). The molecule has 0 amide bonds. The summed E-state index contributed by atoms with van der Waals surface area (Å²) in [6, 6.07) is 7.10. The Kier molecular flexibility index (Phi) is 3.43. The Morgan fingerprint density at radius 1 is 1.46 bits per heavy atom. The fourth-order valence-electron chi connectivity index (χ4n) is 1.13. The molecule has 2 nitrogen and oxygen atoms in total. The van der Waals surface area contributed by atoms with E-state index in [0.29, 0.717) is 11.3 Å². The molecule has 0 aromatic heterocycles. The van der Waals surface area contributed by atoms with Crippen LogP contribution >= 0.6 is 0 Å². The number of hydrogen-bond acceptors (Lipinski definition) is 2. The van der Waals surface area contributed by atoms with Crippen molar-refractivity contribution in [2.45, 2.75) is 6.92 Å². The highest BCUT2D eigenvalue weighted by atomic mass is 19.1. The molecule has 0 saturated carbocycles. The Labute approximate surface area is 76.8 Å². The smallest absolute Gasteiger partial charge is 0.161 e. The van der Waals surface area contributed by atoms with Gasteiger partial charge in [0.1, 0.15) is 6.67 Å². The van der Waals surface area contributed by atoms with Crippen molar-refractivity contribution in [2.75, 3.05) is 18.5 Å². The zero-order valence-corrected chi connectivity index (χ0v) is 7.51. The Bertz CT molecular complexity index is 299. The number of carbonyl (C=O) groups excluding carboxylic acids is 1. The van der Waals surface area contributed by atoms with E-state index in [-0.39, 0.29) is 12.3 Å². The monoisotopic (exact) mass is 181 g/mol. The second-order valence-electron chi connectivity index (χ2n) is 2.72. The van der Waals surface area contributed by atoms with Gasteiger partial charge in [0, 0.05) is 17.8 Å². The summed E-state index contributed by atoms with van der Waals surface area (Å²) in [5, 5.41) is 2.85. The number of Topliss-reactive ketones (excluding diaryl/α,β-unsaturated/α-hetero) is 1. The molecule has 0 saturated heterocycles. The fraction of sp³-hybridized carbons (Fsp3) is 0.300. The molecule has 0 fully saturated rings. The molecular weight excluding hydrogens is 169 g/mol. The molecule has 3 heteroatoms. The number of hydrogen-bond donors (Lipinski definition) is 1. The molecule has 1 N–H and O–H groups in total. The van der Waals surface area contributed by atoms with Crippen molar-refractivity contribution in [1.29, 1.82) is 0 Å². The molecule has 0 heterocycles. The van der Waals surface area contributed by atoms with E-state index in [2.05, 4.69) is 5.32 Å². The number of carbonyl (C=O) groups is 1. The number of anilines is 1. The maximum atomic E-state index is 11.9. The van der Waals surface area contributed by atoms with Crippen LogP contribution < -0.4 is 5.32 Å². The summed E-state index contributed by atoms with van der Waals surface area (Å²) in [7, 11) is 0. The zero-order valence-electron chi connectivity index (χ0n) is 7.51. The average Bonchev–Trinajstić information content (AvgIpc) is 2.15. The highest BCUT2D eigenvalue weighted by Gasteiger charge is 2.04. The van der Waals surface area contributed by atoms with Crippen LogP contribution in [0.1, 0.15) is 17.3 Å². The van der Waals surface area contributed by atoms with Gasteiger partial charge in [-0.3, -0.25) is 4.79 Å². The molecule has 0 bridgehead atoms. The van der Waals surface area contributed by atoms with Crippen LogP contribution in [-0.2, 0) is 0 Å². The molecule has 0 aliphatic rings. The van der Waals surface area contributed by atoms with Crippen LogP contribution in [0.2, 0.25) is 0 Å². The number of benzene rings is 1. The summed E-state index contributed by atoms with van der Waals surface area (Å²) in [5.74, 6) is -0.0121. The van der Waals surface area contributed by atoms with Crippen LogP contribution in [0.15, 0.2) is 24.3 Å². The van der Waals surface area contributed by atoms with Gasteiger partial charge in [0.15, 0.2) is 5.78 Å². The van der Waals surface area contributed by atoms with E-state index in [0.717, 1.165) is 0 Å². The molecule has 13 heavy (non-hydrogen) atoms. The molecule has 0 unspecified atom stereocenters. The SMILES string of the molecule is CC(=O)c1ccccc1NCCF. The van der Waals surface area contributed by atoms with Crippen molar-refractivity contribution < 1.29 is 9.18 Å². The van der Waals surface area contributed by atoms with Crippen molar-refractivity contribution in [2.24, 2.45) is 0 Å². The van der Waals surface area contributed by atoms with Crippen molar-refractivity contribution in [3.05, 3.63) is 29.8 Å². The fourth-order valence-corrected chi connectivity index (χ4v) is 1.13. The summed E-state index contributed by atoms with van der Waals surface area (Å²) < 4.78 is 11.9. The number of nitrogens with one attached hydrogen (secondary N) is 1. The summed E-state index contributed by atoms with van der Waals surface area (Å²) in [4.78, 5) is 11.1. The Morgan fingerprint density at radius 2 is 2.15 bits per heavy atom. The topological polar surface area (TPSA) is 29.1 Å². The molecule has 0 aliphatic carbocycles. The van der Waals surface area contributed by atoms with Gasteiger partial charge < -0.3 is 5.32 Å². The predicted octanol–water partition coefficient (Wildman–Crippen LogP) is 2.27. The van der Waals surface area contributed by atoms with Crippen LogP contribution in [0.5, 0.6) is 0 Å². The lowest BCUT2D eigenvalue weighted by Gasteiger charge is -2.07. The maximum Gasteiger partial charge on any atom is 0.161 e. The third-order valence-electron chi connectivity index (χ3n) is 1.72. The number of halogens is 1. The van der Waals surface area contributed by atoms with Crippen molar-refractivity contribution >= 4 is 11.5 Å². The van der Waals surface area contributed by atoms with E-state index in [4.69, 9.17) is 0 Å². The second-order valence-corrected chi connectivity index (χ2v) is 2.72. The largest absolute Gasteiger partial charge is 0.382 e. The minimum atomic E-state index is -0.438. The molecule has 1 aromatic rings. The highest BCUT2D eigenvalue weighted by Crippen LogP contribution is 2.14. The minimum Gasteiger partial charge on any atom is -0.382 e.